The number of rotatable bonds is 5. The van der Waals surface area contributed by atoms with Crippen LogP contribution in [0.4, 0.5) is 0 Å². The Morgan fingerprint density at radius 3 is 2.76 bits per heavy atom. The Bertz CT molecular complexity index is 462. The van der Waals surface area contributed by atoms with Crippen molar-refractivity contribution in [1.82, 2.24) is 0 Å². The molecular weight excluding hydrogens is 244 g/mol. The lowest BCUT2D eigenvalue weighted by atomic mass is 10.2. The highest BCUT2D eigenvalue weighted by atomic mass is 35.5. The quantitative estimate of drug-likeness (QED) is 0.820. The van der Waals surface area contributed by atoms with E-state index in [0.717, 1.165) is 0 Å². The number of halogens is 1. The monoisotopic (exact) mass is 254 g/mol. The molecule has 1 rings (SSSR count). The van der Waals surface area contributed by atoms with Crippen molar-refractivity contribution in [1.29, 1.82) is 0 Å². The highest BCUT2D eigenvalue weighted by Gasteiger charge is 2.18. The van der Waals surface area contributed by atoms with Crippen LogP contribution in [0.3, 0.4) is 0 Å². The van der Waals surface area contributed by atoms with E-state index in [1.54, 1.807) is 6.92 Å². The van der Waals surface area contributed by atoms with Crippen molar-refractivity contribution in [3.05, 3.63) is 22.7 Å². The second-order valence-electron chi connectivity index (χ2n) is 3.01. The van der Waals surface area contributed by atoms with Gasteiger partial charge in [-0.25, -0.2) is 4.79 Å². The molecule has 0 unspecified atom stereocenters. The summed E-state index contributed by atoms with van der Waals surface area (Å²) in [7, 11) is 0. The molecule has 1 aromatic rings. The molecule has 1 aromatic carbocycles. The Hall–Kier alpha value is -1.86. The molecule has 0 atom stereocenters. The van der Waals surface area contributed by atoms with Gasteiger partial charge in [-0.05, 0) is 13.0 Å². The molecule has 0 amide bonds. The molecule has 90 valence electrons. The van der Waals surface area contributed by atoms with Gasteiger partial charge in [-0.2, -0.15) is 0 Å². The van der Waals surface area contributed by atoms with E-state index >= 15 is 0 Å². The van der Waals surface area contributed by atoms with E-state index in [4.69, 9.17) is 32.6 Å². The van der Waals surface area contributed by atoms with Crippen LogP contribution in [-0.2, 0) is 0 Å². The number of carboxylic acids is 1. The average Bonchev–Trinajstić information content (AvgIpc) is 2.27. The van der Waals surface area contributed by atoms with E-state index < -0.39 is 5.97 Å². The standard InChI is InChI=1S/C12H11ClO4/c1-3-5-17-11-9(12(14)15)6-8(13)7-10(11)16-4-2/h1,6-7H,4-5H2,2H3,(H,14,15). The topological polar surface area (TPSA) is 55.8 Å². The van der Waals surface area contributed by atoms with Crippen LogP contribution in [0, 0.1) is 12.3 Å². The van der Waals surface area contributed by atoms with Gasteiger partial charge in [0.05, 0.1) is 6.61 Å². The average molecular weight is 255 g/mol. The predicted octanol–water partition coefficient (Wildman–Crippen LogP) is 2.45. The molecule has 17 heavy (non-hydrogen) atoms. The Labute approximate surface area is 104 Å². The molecule has 0 saturated heterocycles. The zero-order valence-corrected chi connectivity index (χ0v) is 9.95. The zero-order chi connectivity index (χ0) is 12.8. The number of hydrogen-bond acceptors (Lipinski definition) is 3. The fourth-order valence-electron chi connectivity index (χ4n) is 1.25. The molecule has 0 bridgehead atoms. The van der Waals surface area contributed by atoms with Gasteiger partial charge in [0.25, 0.3) is 0 Å². The van der Waals surface area contributed by atoms with Crippen LogP contribution in [0.1, 0.15) is 17.3 Å². The second-order valence-corrected chi connectivity index (χ2v) is 3.45. The number of carbonyl (C=O) groups is 1. The zero-order valence-electron chi connectivity index (χ0n) is 9.20. The highest BCUT2D eigenvalue weighted by Crippen LogP contribution is 2.35. The maximum atomic E-state index is 11.0. The van der Waals surface area contributed by atoms with Crippen molar-refractivity contribution in [2.24, 2.45) is 0 Å². The number of carboxylic acid groups (broad SMARTS) is 1. The maximum Gasteiger partial charge on any atom is 0.339 e. The van der Waals surface area contributed by atoms with E-state index in [2.05, 4.69) is 5.92 Å². The summed E-state index contributed by atoms with van der Waals surface area (Å²) in [4.78, 5) is 11.0. The minimum absolute atomic E-state index is 0.0397. The van der Waals surface area contributed by atoms with Gasteiger partial charge < -0.3 is 14.6 Å². The molecule has 0 saturated carbocycles. The van der Waals surface area contributed by atoms with Gasteiger partial charge in [-0.15, -0.1) is 6.42 Å². The molecule has 0 aliphatic heterocycles. The summed E-state index contributed by atoms with van der Waals surface area (Å²) in [5.41, 5.74) is -0.0730. The van der Waals surface area contributed by atoms with Crippen LogP contribution in [-0.4, -0.2) is 24.3 Å². The Kier molecular flexibility index (Phi) is 4.68. The number of benzene rings is 1. The molecule has 0 radical (unpaired) electrons. The molecule has 0 spiro atoms. The van der Waals surface area contributed by atoms with Crippen LogP contribution < -0.4 is 9.47 Å². The first-order valence-corrected chi connectivity index (χ1v) is 5.23. The third kappa shape index (κ3) is 3.30. The molecule has 4 nitrogen and oxygen atoms in total. The largest absolute Gasteiger partial charge is 0.490 e. The summed E-state index contributed by atoms with van der Waals surface area (Å²) in [6.07, 6.45) is 5.07. The van der Waals surface area contributed by atoms with Gasteiger partial charge in [0.15, 0.2) is 11.5 Å². The van der Waals surface area contributed by atoms with Gasteiger partial charge in [-0.1, -0.05) is 17.5 Å². The molecule has 0 aliphatic rings. The number of hydrogen-bond donors (Lipinski definition) is 1. The molecule has 0 fully saturated rings. The van der Waals surface area contributed by atoms with Crippen molar-refractivity contribution in [2.75, 3.05) is 13.2 Å². The molecule has 5 heteroatoms. The van der Waals surface area contributed by atoms with Gasteiger partial charge in [0.2, 0.25) is 0 Å². The van der Waals surface area contributed by atoms with Gasteiger partial charge in [-0.3, -0.25) is 0 Å². The first-order chi connectivity index (χ1) is 8.10. The lowest BCUT2D eigenvalue weighted by Crippen LogP contribution is -2.06. The van der Waals surface area contributed by atoms with E-state index in [0.29, 0.717) is 6.61 Å². The van der Waals surface area contributed by atoms with Crippen molar-refractivity contribution >= 4 is 17.6 Å². The first-order valence-electron chi connectivity index (χ1n) is 4.86. The van der Waals surface area contributed by atoms with Crippen LogP contribution >= 0.6 is 11.6 Å². The number of aromatic carboxylic acids is 1. The van der Waals surface area contributed by atoms with Crippen LogP contribution in [0.2, 0.25) is 5.02 Å². The summed E-state index contributed by atoms with van der Waals surface area (Å²) in [5, 5.41) is 9.30. The van der Waals surface area contributed by atoms with Gasteiger partial charge >= 0.3 is 5.97 Å². The normalized spacial score (nSPS) is 9.47. The Balaban J connectivity index is 3.26. The SMILES string of the molecule is C#CCOc1c(OCC)cc(Cl)cc1C(=O)O. The van der Waals surface area contributed by atoms with Crippen LogP contribution in [0.15, 0.2) is 12.1 Å². The fraction of sp³-hybridized carbons (Fsp3) is 0.250. The summed E-state index contributed by atoms with van der Waals surface area (Å²) in [6.45, 7) is 2.10. The lowest BCUT2D eigenvalue weighted by Gasteiger charge is -2.13. The van der Waals surface area contributed by atoms with Crippen LogP contribution in [0.5, 0.6) is 11.5 Å². The number of terminal acetylenes is 1. The van der Waals surface area contributed by atoms with Gasteiger partial charge in [0, 0.05) is 11.1 Å². The summed E-state index contributed by atoms with van der Waals surface area (Å²) in [5.74, 6) is 1.48. The summed E-state index contributed by atoms with van der Waals surface area (Å²) < 4.78 is 10.5. The molecular formula is C12H11ClO4. The summed E-state index contributed by atoms with van der Waals surface area (Å²) >= 11 is 5.80. The fourth-order valence-corrected chi connectivity index (χ4v) is 1.46. The third-order valence-electron chi connectivity index (χ3n) is 1.85. The van der Waals surface area contributed by atoms with E-state index in [9.17, 15) is 4.79 Å². The number of ether oxygens (including phenoxy) is 2. The van der Waals surface area contributed by atoms with Crippen LogP contribution in [0.25, 0.3) is 0 Å². The smallest absolute Gasteiger partial charge is 0.339 e. The highest BCUT2D eigenvalue weighted by molar-refractivity contribution is 6.31. The minimum Gasteiger partial charge on any atom is -0.490 e. The van der Waals surface area contributed by atoms with Crippen molar-refractivity contribution in [3.63, 3.8) is 0 Å². The van der Waals surface area contributed by atoms with Crippen molar-refractivity contribution < 1.29 is 19.4 Å². The molecule has 0 aromatic heterocycles. The van der Waals surface area contributed by atoms with E-state index in [1.165, 1.54) is 12.1 Å². The third-order valence-corrected chi connectivity index (χ3v) is 2.07. The Morgan fingerprint density at radius 1 is 1.53 bits per heavy atom. The van der Waals surface area contributed by atoms with E-state index in [1.807, 2.05) is 0 Å². The Morgan fingerprint density at radius 2 is 2.24 bits per heavy atom. The predicted molar refractivity (Wildman–Crippen MR) is 63.9 cm³/mol. The van der Waals surface area contributed by atoms with Gasteiger partial charge in [0.1, 0.15) is 12.2 Å². The molecule has 0 heterocycles. The first kappa shape index (κ1) is 13.2. The molecule has 1 N–H and O–H groups in total. The lowest BCUT2D eigenvalue weighted by molar-refractivity contribution is 0.0692. The maximum absolute atomic E-state index is 11.0. The van der Waals surface area contributed by atoms with Crippen molar-refractivity contribution in [2.45, 2.75) is 6.92 Å². The second kappa shape index (κ2) is 6.02. The minimum atomic E-state index is -1.15. The van der Waals surface area contributed by atoms with Crippen molar-refractivity contribution in [3.8, 4) is 23.8 Å². The summed E-state index contributed by atoms with van der Waals surface area (Å²) in [6, 6.07) is 2.78. The molecule has 0 aliphatic carbocycles. The van der Waals surface area contributed by atoms with E-state index in [-0.39, 0.29) is 28.7 Å².